The molecule has 0 aliphatic heterocycles. The molecule has 1 amide bonds. The number of carbonyl (C=O) groups excluding carboxylic acids is 1. The second-order valence-corrected chi connectivity index (χ2v) is 7.61. The average Bonchev–Trinajstić information content (AvgIpc) is 2.53. The van der Waals surface area contributed by atoms with Crippen molar-refractivity contribution in [3.05, 3.63) is 59.1 Å². The number of carbonyl (C=O) groups is 1. The lowest BCUT2D eigenvalue weighted by Gasteiger charge is -2.28. The highest BCUT2D eigenvalue weighted by atomic mass is 35.6. The zero-order valence-electron chi connectivity index (χ0n) is 12.5. The molecule has 2 rings (SSSR count). The summed E-state index contributed by atoms with van der Waals surface area (Å²) in [6, 6.07) is 13.5. The molecule has 2 aromatic rings. The summed E-state index contributed by atoms with van der Waals surface area (Å²) in [7, 11) is 1.52. The number of amides is 1. The van der Waals surface area contributed by atoms with E-state index in [-0.39, 0.29) is 0 Å². The highest BCUT2D eigenvalue weighted by Crippen LogP contribution is 2.33. The maximum absolute atomic E-state index is 12.4. The number of halogens is 4. The molecule has 24 heavy (non-hydrogen) atoms. The van der Waals surface area contributed by atoms with Gasteiger partial charge in [-0.25, -0.2) is 0 Å². The van der Waals surface area contributed by atoms with Crippen LogP contribution in [-0.4, -0.2) is 23.0 Å². The van der Waals surface area contributed by atoms with Crippen LogP contribution in [0.25, 0.3) is 0 Å². The predicted octanol–water partition coefficient (Wildman–Crippen LogP) is 4.89. The van der Waals surface area contributed by atoms with Crippen LogP contribution in [-0.2, 0) is 0 Å². The molecule has 0 saturated carbocycles. The lowest BCUT2D eigenvalue weighted by Crippen LogP contribution is -2.49. The van der Waals surface area contributed by atoms with Gasteiger partial charge in [0.1, 0.15) is 11.9 Å². The van der Waals surface area contributed by atoms with E-state index in [1.165, 1.54) is 13.2 Å². The van der Waals surface area contributed by atoms with E-state index in [9.17, 15) is 4.79 Å². The van der Waals surface area contributed by atoms with Crippen molar-refractivity contribution in [1.82, 2.24) is 5.32 Å². The van der Waals surface area contributed by atoms with Crippen LogP contribution in [0.5, 0.6) is 5.75 Å². The molecular formula is C16H14Cl4N2O2. The summed E-state index contributed by atoms with van der Waals surface area (Å²) in [6.45, 7) is 0. The van der Waals surface area contributed by atoms with Gasteiger partial charge in [-0.2, -0.15) is 0 Å². The maximum atomic E-state index is 12.4. The van der Waals surface area contributed by atoms with E-state index in [1.807, 2.05) is 0 Å². The number of alkyl halides is 3. The second-order valence-electron chi connectivity index (χ2n) is 4.80. The van der Waals surface area contributed by atoms with E-state index >= 15 is 0 Å². The molecule has 0 unspecified atom stereocenters. The second kappa shape index (κ2) is 8.17. The number of methoxy groups -OCH3 is 1. The largest absolute Gasteiger partial charge is 0.495 e. The molecule has 0 fully saturated rings. The lowest BCUT2D eigenvalue weighted by molar-refractivity contribution is 0.0942. The molecule has 0 radical (unpaired) electrons. The van der Waals surface area contributed by atoms with Gasteiger partial charge in [-0.15, -0.1) is 0 Å². The molecule has 0 spiro atoms. The van der Waals surface area contributed by atoms with Crippen molar-refractivity contribution in [2.24, 2.45) is 0 Å². The minimum Gasteiger partial charge on any atom is -0.495 e. The van der Waals surface area contributed by atoms with Crippen LogP contribution < -0.4 is 15.4 Å². The Bertz CT molecular complexity index is 719. The number of nitrogens with one attached hydrogen (secondary N) is 2. The van der Waals surface area contributed by atoms with Crippen LogP contribution in [0.3, 0.4) is 0 Å². The van der Waals surface area contributed by atoms with E-state index in [0.717, 1.165) is 0 Å². The summed E-state index contributed by atoms with van der Waals surface area (Å²) in [6.07, 6.45) is -0.995. The smallest absolute Gasteiger partial charge is 0.253 e. The third kappa shape index (κ3) is 5.08. The van der Waals surface area contributed by atoms with E-state index < -0.39 is 15.9 Å². The first-order valence-corrected chi connectivity index (χ1v) is 8.35. The monoisotopic (exact) mass is 406 g/mol. The molecule has 0 bridgehead atoms. The molecule has 128 valence electrons. The topological polar surface area (TPSA) is 50.4 Å². The molecule has 0 aliphatic rings. The Morgan fingerprint density at radius 3 is 2.46 bits per heavy atom. The summed E-state index contributed by atoms with van der Waals surface area (Å²) in [4.78, 5) is 12.4. The third-order valence-electron chi connectivity index (χ3n) is 3.10. The SMILES string of the molecule is COc1ccccc1N[C@H](NC(=O)c1cccc(Cl)c1)C(Cl)(Cl)Cl. The molecule has 1 atom stereocenters. The number of hydrogen-bond acceptors (Lipinski definition) is 3. The van der Waals surface area contributed by atoms with Gasteiger partial charge in [0.25, 0.3) is 5.91 Å². The van der Waals surface area contributed by atoms with Crippen molar-refractivity contribution in [2.45, 2.75) is 9.96 Å². The van der Waals surface area contributed by atoms with Crippen LogP contribution in [0.2, 0.25) is 5.02 Å². The summed E-state index contributed by atoms with van der Waals surface area (Å²) in [5, 5.41) is 6.04. The van der Waals surface area contributed by atoms with Crippen molar-refractivity contribution in [3.8, 4) is 5.75 Å². The first kappa shape index (κ1) is 19.0. The van der Waals surface area contributed by atoms with E-state index in [1.54, 1.807) is 42.5 Å². The Balaban J connectivity index is 2.22. The third-order valence-corrected chi connectivity index (χ3v) is 3.99. The van der Waals surface area contributed by atoms with Gasteiger partial charge in [0, 0.05) is 10.6 Å². The van der Waals surface area contributed by atoms with Gasteiger partial charge < -0.3 is 15.4 Å². The van der Waals surface area contributed by atoms with Crippen molar-refractivity contribution in [3.63, 3.8) is 0 Å². The fraction of sp³-hybridized carbons (Fsp3) is 0.188. The Hall–Kier alpha value is -1.33. The highest BCUT2D eigenvalue weighted by Gasteiger charge is 2.34. The van der Waals surface area contributed by atoms with Gasteiger partial charge in [0.05, 0.1) is 12.8 Å². The average molecular weight is 408 g/mol. The number of ether oxygens (including phenoxy) is 1. The molecule has 2 N–H and O–H groups in total. The van der Waals surface area contributed by atoms with Crippen molar-refractivity contribution >= 4 is 58.0 Å². The highest BCUT2D eigenvalue weighted by molar-refractivity contribution is 6.68. The number of benzene rings is 2. The van der Waals surface area contributed by atoms with Gasteiger partial charge in [-0.05, 0) is 30.3 Å². The molecule has 0 aliphatic carbocycles. The summed E-state index contributed by atoms with van der Waals surface area (Å²) < 4.78 is 3.45. The summed E-state index contributed by atoms with van der Waals surface area (Å²) >= 11 is 23.9. The van der Waals surface area contributed by atoms with Crippen molar-refractivity contribution < 1.29 is 9.53 Å². The van der Waals surface area contributed by atoms with Crippen molar-refractivity contribution in [2.75, 3.05) is 12.4 Å². The van der Waals surface area contributed by atoms with Gasteiger partial charge in [0.2, 0.25) is 3.79 Å². The molecule has 8 heteroatoms. The molecule has 0 heterocycles. The van der Waals surface area contributed by atoms with Crippen molar-refractivity contribution in [1.29, 1.82) is 0 Å². The zero-order chi connectivity index (χ0) is 17.7. The molecule has 2 aromatic carbocycles. The fourth-order valence-corrected chi connectivity index (χ4v) is 2.48. The fourth-order valence-electron chi connectivity index (χ4n) is 1.96. The Morgan fingerprint density at radius 2 is 1.83 bits per heavy atom. The zero-order valence-corrected chi connectivity index (χ0v) is 15.5. The number of hydrogen-bond donors (Lipinski definition) is 2. The standard InChI is InChI=1S/C16H14Cl4N2O2/c1-24-13-8-3-2-7-12(13)21-15(16(18,19)20)22-14(23)10-5-4-6-11(17)9-10/h2-9,15,21H,1H3,(H,22,23)/t15-/m1/s1. The van der Waals surface area contributed by atoms with Gasteiger partial charge in [-0.3, -0.25) is 4.79 Å². The van der Waals surface area contributed by atoms with Crippen LogP contribution in [0.4, 0.5) is 5.69 Å². The molecule has 4 nitrogen and oxygen atoms in total. The molecule has 0 saturated heterocycles. The van der Waals surface area contributed by atoms with Crippen LogP contribution in [0, 0.1) is 0 Å². The lowest BCUT2D eigenvalue weighted by atomic mass is 10.2. The quantitative estimate of drug-likeness (QED) is 0.548. The van der Waals surface area contributed by atoms with Crippen LogP contribution >= 0.6 is 46.4 Å². The molecule has 0 aromatic heterocycles. The van der Waals surface area contributed by atoms with E-state index in [2.05, 4.69) is 10.6 Å². The number of rotatable bonds is 5. The summed E-state index contributed by atoms with van der Waals surface area (Å²) in [5.74, 6) is 0.116. The van der Waals surface area contributed by atoms with Gasteiger partial charge in [-0.1, -0.05) is 64.6 Å². The number of anilines is 1. The maximum Gasteiger partial charge on any atom is 0.253 e. The van der Waals surface area contributed by atoms with Gasteiger partial charge in [0.15, 0.2) is 0 Å². The predicted molar refractivity (Wildman–Crippen MR) is 99.6 cm³/mol. The minimum absolute atomic E-state index is 0.351. The normalized spacial score (nSPS) is 12.4. The first-order chi connectivity index (χ1) is 11.3. The first-order valence-electron chi connectivity index (χ1n) is 6.84. The van der Waals surface area contributed by atoms with Gasteiger partial charge >= 0.3 is 0 Å². The Morgan fingerprint density at radius 1 is 1.12 bits per heavy atom. The van der Waals surface area contributed by atoms with Crippen LogP contribution in [0.1, 0.15) is 10.4 Å². The van der Waals surface area contributed by atoms with E-state index in [0.29, 0.717) is 22.0 Å². The van der Waals surface area contributed by atoms with Crippen LogP contribution in [0.15, 0.2) is 48.5 Å². The molecular weight excluding hydrogens is 394 g/mol. The van der Waals surface area contributed by atoms with E-state index in [4.69, 9.17) is 51.1 Å². The Kier molecular flexibility index (Phi) is 6.47. The minimum atomic E-state index is -1.80. The Labute approximate surface area is 160 Å². The number of para-hydroxylation sites is 2. The summed E-state index contributed by atoms with van der Waals surface area (Å²) in [5.41, 5.74) is 0.922.